The van der Waals surface area contributed by atoms with Crippen LogP contribution in [0.5, 0.6) is 5.75 Å². The largest absolute Gasteiger partial charge is 0.417 e. The maximum atomic E-state index is 12.6. The molecule has 4 N–H and O–H groups in total. The first-order valence-electron chi connectivity index (χ1n) is 11.6. The number of H-pyrrole nitrogens is 1. The van der Waals surface area contributed by atoms with Crippen molar-refractivity contribution >= 4 is 17.5 Å². The zero-order valence-corrected chi connectivity index (χ0v) is 19.0. The summed E-state index contributed by atoms with van der Waals surface area (Å²) in [5.74, 6) is -0.162. The van der Waals surface area contributed by atoms with Crippen molar-refractivity contribution in [3.05, 3.63) is 88.3 Å². The molecule has 4 rings (SSSR count). The molecule has 2 heterocycles. The fourth-order valence-electron chi connectivity index (χ4n) is 4.06. The number of aromatic amines is 1. The number of carbonyl (C=O) groups excluding carboxylic acids is 1. The smallest absolute Gasteiger partial charge is 0.402 e. The van der Waals surface area contributed by atoms with Gasteiger partial charge in [0, 0.05) is 25.0 Å². The van der Waals surface area contributed by atoms with Crippen LogP contribution in [0.15, 0.2) is 71.7 Å². The molecule has 1 aliphatic rings. The predicted octanol–water partition coefficient (Wildman–Crippen LogP) is 4.12. The lowest BCUT2D eigenvalue weighted by Crippen LogP contribution is -2.29. The number of aliphatic hydroxyl groups excluding tert-OH is 1. The normalized spacial score (nSPS) is 14.9. The molecule has 0 saturated carbocycles. The number of hydrogen-bond donors (Lipinski definition) is 4. The predicted molar refractivity (Wildman–Crippen MR) is 132 cm³/mol. The highest BCUT2D eigenvalue weighted by Gasteiger charge is 2.16. The van der Waals surface area contributed by atoms with E-state index in [1.54, 1.807) is 12.1 Å². The summed E-state index contributed by atoms with van der Waals surface area (Å²) in [6, 6.07) is 18.4. The number of pyridine rings is 1. The number of piperidine rings is 1. The molecule has 8 heteroatoms. The van der Waals surface area contributed by atoms with Gasteiger partial charge in [-0.1, -0.05) is 48.9 Å². The fourth-order valence-corrected chi connectivity index (χ4v) is 4.06. The van der Waals surface area contributed by atoms with Crippen molar-refractivity contribution in [1.29, 1.82) is 0 Å². The first-order chi connectivity index (χ1) is 16.6. The molecule has 0 bridgehead atoms. The molecular formula is C26H30N4O4. The van der Waals surface area contributed by atoms with Crippen LogP contribution in [-0.2, 0) is 6.54 Å². The van der Waals surface area contributed by atoms with Gasteiger partial charge in [-0.3, -0.25) is 15.0 Å². The minimum Gasteiger partial charge on any atom is -0.402 e. The Balaban J connectivity index is 1.38. The quantitative estimate of drug-likeness (QED) is 0.401. The molecule has 1 aromatic heterocycles. The van der Waals surface area contributed by atoms with Gasteiger partial charge in [0.2, 0.25) is 5.75 Å². The summed E-state index contributed by atoms with van der Waals surface area (Å²) >= 11 is 0. The fraction of sp³-hybridized carbons (Fsp3) is 0.308. The standard InChI is InChI=1S/C26H30N4O4/c31-23(20-9-3-1-4-10-20)17-28-22-12-13-27-25(32)24(22)34-26(33)29-21-11-7-8-19(16-21)18-30-14-5-2-6-15-30/h1,3-4,7-13,16,23,31H,2,5-6,14-15,17-18H2,(H,29,33)(H2,27,28,32)/t23-/m1/s1. The van der Waals surface area contributed by atoms with Gasteiger partial charge in [0.15, 0.2) is 0 Å². The van der Waals surface area contributed by atoms with Gasteiger partial charge in [0.05, 0.1) is 11.8 Å². The Labute approximate surface area is 198 Å². The molecule has 2 aromatic carbocycles. The van der Waals surface area contributed by atoms with E-state index in [9.17, 15) is 14.7 Å². The summed E-state index contributed by atoms with van der Waals surface area (Å²) in [4.78, 5) is 29.8. The summed E-state index contributed by atoms with van der Waals surface area (Å²) in [6.45, 7) is 3.15. The lowest BCUT2D eigenvalue weighted by atomic mass is 10.1. The number of rotatable bonds is 8. The zero-order chi connectivity index (χ0) is 23.8. The molecule has 3 aromatic rings. The summed E-state index contributed by atoms with van der Waals surface area (Å²) < 4.78 is 5.36. The first-order valence-corrected chi connectivity index (χ1v) is 11.6. The molecule has 0 radical (unpaired) electrons. The van der Waals surface area contributed by atoms with E-state index in [-0.39, 0.29) is 12.3 Å². The van der Waals surface area contributed by atoms with Gasteiger partial charge in [-0.2, -0.15) is 0 Å². The van der Waals surface area contributed by atoms with E-state index in [0.717, 1.165) is 30.8 Å². The van der Waals surface area contributed by atoms with Crippen LogP contribution in [0, 0.1) is 0 Å². The molecule has 8 nitrogen and oxygen atoms in total. The van der Waals surface area contributed by atoms with E-state index in [1.807, 2.05) is 48.5 Å². The number of nitrogens with zero attached hydrogens (tertiary/aromatic N) is 1. The number of amides is 1. The maximum Gasteiger partial charge on any atom is 0.417 e. The topological polar surface area (TPSA) is 107 Å². The molecule has 0 aliphatic carbocycles. The lowest BCUT2D eigenvalue weighted by molar-refractivity contribution is 0.191. The second kappa shape index (κ2) is 11.5. The molecule has 0 unspecified atom stereocenters. The minimum absolute atomic E-state index is 0.143. The SMILES string of the molecule is O=C(Nc1cccc(CN2CCCCC2)c1)Oc1c(NC[C@@H](O)c2ccccc2)cc[nH]c1=O. The number of nitrogens with one attached hydrogen (secondary N) is 3. The van der Waals surface area contributed by atoms with Crippen LogP contribution in [-0.4, -0.2) is 40.7 Å². The summed E-state index contributed by atoms with van der Waals surface area (Å²) in [6.07, 6.45) is 3.62. The number of likely N-dealkylation sites (tertiary alicyclic amines) is 1. The van der Waals surface area contributed by atoms with Crippen LogP contribution in [0.2, 0.25) is 0 Å². The lowest BCUT2D eigenvalue weighted by Gasteiger charge is -2.26. The highest BCUT2D eigenvalue weighted by atomic mass is 16.6. The summed E-state index contributed by atoms with van der Waals surface area (Å²) in [5, 5.41) is 16.1. The summed E-state index contributed by atoms with van der Waals surface area (Å²) in [5.41, 5.74) is 2.21. The number of anilines is 2. The van der Waals surface area contributed by atoms with Crippen molar-refractivity contribution in [2.75, 3.05) is 30.3 Å². The van der Waals surface area contributed by atoms with Gasteiger partial charge < -0.3 is 20.1 Å². The Kier molecular flexibility index (Phi) is 7.95. The number of aliphatic hydroxyl groups is 1. The van der Waals surface area contributed by atoms with Crippen molar-refractivity contribution in [2.24, 2.45) is 0 Å². The van der Waals surface area contributed by atoms with Crippen molar-refractivity contribution in [3.8, 4) is 5.75 Å². The number of carbonyl (C=O) groups is 1. The van der Waals surface area contributed by atoms with E-state index in [4.69, 9.17) is 4.74 Å². The number of ether oxygens (including phenoxy) is 1. The van der Waals surface area contributed by atoms with Crippen molar-refractivity contribution in [3.63, 3.8) is 0 Å². The van der Waals surface area contributed by atoms with E-state index in [1.165, 1.54) is 25.5 Å². The molecule has 1 amide bonds. The third-order valence-electron chi connectivity index (χ3n) is 5.81. The molecule has 178 valence electrons. The van der Waals surface area contributed by atoms with E-state index in [0.29, 0.717) is 11.4 Å². The van der Waals surface area contributed by atoms with E-state index >= 15 is 0 Å². The van der Waals surface area contributed by atoms with Gasteiger partial charge >= 0.3 is 6.09 Å². The molecule has 0 spiro atoms. The average molecular weight is 463 g/mol. The van der Waals surface area contributed by atoms with Crippen LogP contribution in [0.3, 0.4) is 0 Å². The van der Waals surface area contributed by atoms with Crippen molar-refractivity contribution in [2.45, 2.75) is 31.9 Å². The Bertz CT molecular complexity index is 1140. The second-order valence-corrected chi connectivity index (χ2v) is 8.41. The van der Waals surface area contributed by atoms with E-state index < -0.39 is 17.8 Å². The van der Waals surface area contributed by atoms with Gasteiger partial charge in [-0.15, -0.1) is 0 Å². The van der Waals surface area contributed by atoms with Gasteiger partial charge in [-0.05, 0) is 55.3 Å². The van der Waals surface area contributed by atoms with Crippen molar-refractivity contribution < 1.29 is 14.6 Å². The molecule has 1 atom stereocenters. The summed E-state index contributed by atoms with van der Waals surface area (Å²) in [7, 11) is 0. The average Bonchev–Trinajstić information content (AvgIpc) is 2.85. The Morgan fingerprint density at radius 1 is 1.06 bits per heavy atom. The Hall–Kier alpha value is -3.62. The molecule has 1 fully saturated rings. The van der Waals surface area contributed by atoms with Gasteiger partial charge in [0.1, 0.15) is 0 Å². The first kappa shape index (κ1) is 23.5. The van der Waals surface area contributed by atoms with Crippen LogP contribution in [0.25, 0.3) is 0 Å². The monoisotopic (exact) mass is 462 g/mol. The van der Waals surface area contributed by atoms with Crippen LogP contribution < -0.4 is 20.9 Å². The molecular weight excluding hydrogens is 432 g/mol. The highest BCUT2D eigenvalue weighted by molar-refractivity contribution is 5.87. The van der Waals surface area contributed by atoms with Crippen molar-refractivity contribution in [1.82, 2.24) is 9.88 Å². The molecule has 34 heavy (non-hydrogen) atoms. The third-order valence-corrected chi connectivity index (χ3v) is 5.81. The Morgan fingerprint density at radius 3 is 2.65 bits per heavy atom. The highest BCUT2D eigenvalue weighted by Crippen LogP contribution is 2.22. The van der Waals surface area contributed by atoms with E-state index in [2.05, 4.69) is 20.5 Å². The van der Waals surface area contributed by atoms with Gasteiger partial charge in [-0.25, -0.2) is 4.79 Å². The molecule has 1 saturated heterocycles. The maximum absolute atomic E-state index is 12.6. The van der Waals surface area contributed by atoms with Gasteiger partial charge in [0.25, 0.3) is 5.56 Å². The third kappa shape index (κ3) is 6.46. The number of aromatic nitrogens is 1. The van der Waals surface area contributed by atoms with Crippen LogP contribution in [0.4, 0.5) is 16.2 Å². The minimum atomic E-state index is -0.787. The Morgan fingerprint density at radius 2 is 1.85 bits per heavy atom. The zero-order valence-electron chi connectivity index (χ0n) is 19.0. The van der Waals surface area contributed by atoms with Crippen LogP contribution >= 0.6 is 0 Å². The molecule has 1 aliphatic heterocycles. The second-order valence-electron chi connectivity index (χ2n) is 8.41. The number of benzene rings is 2. The van der Waals surface area contributed by atoms with Crippen LogP contribution in [0.1, 0.15) is 36.5 Å². The number of hydrogen-bond acceptors (Lipinski definition) is 6.